The summed E-state index contributed by atoms with van der Waals surface area (Å²) in [4.78, 5) is 14.9. The van der Waals surface area contributed by atoms with Crippen LogP contribution in [0.25, 0.3) is 11.5 Å². The molecule has 0 bridgehead atoms. The maximum Gasteiger partial charge on any atom is 0.470 e. The first kappa shape index (κ1) is 25.8. The average molecular weight is 527 g/mol. The number of amides is 1. The van der Waals surface area contributed by atoms with E-state index in [0.717, 1.165) is 12.3 Å². The minimum atomic E-state index is -4.82. The van der Waals surface area contributed by atoms with Crippen molar-refractivity contribution in [1.82, 2.24) is 14.5 Å². The van der Waals surface area contributed by atoms with Gasteiger partial charge in [0.15, 0.2) is 0 Å². The summed E-state index contributed by atoms with van der Waals surface area (Å²) in [5.74, 6) is -3.51. The van der Waals surface area contributed by atoms with Crippen LogP contribution in [-0.2, 0) is 27.5 Å². The van der Waals surface area contributed by atoms with Gasteiger partial charge in [0.05, 0.1) is 12.8 Å². The molecule has 192 valence electrons. The first-order valence-electron chi connectivity index (χ1n) is 10.9. The van der Waals surface area contributed by atoms with Crippen LogP contribution in [0, 0.1) is 11.7 Å². The average Bonchev–Trinajstić information content (AvgIpc) is 3.34. The number of nitrogens with zero attached hydrogens (tertiary/aromatic N) is 4. The first-order chi connectivity index (χ1) is 16.9. The zero-order valence-electron chi connectivity index (χ0n) is 19.1. The number of hydrogen-bond acceptors (Lipinski definition) is 6. The van der Waals surface area contributed by atoms with Crippen molar-refractivity contribution in [3.8, 4) is 11.5 Å². The van der Waals surface area contributed by atoms with Gasteiger partial charge < -0.3 is 9.32 Å². The van der Waals surface area contributed by atoms with Crippen molar-refractivity contribution in [3.05, 3.63) is 65.8 Å². The van der Waals surface area contributed by atoms with Crippen LogP contribution in [-0.4, -0.2) is 48.2 Å². The van der Waals surface area contributed by atoms with Crippen molar-refractivity contribution in [2.45, 2.75) is 25.6 Å². The molecule has 3 aromatic rings. The smallest absolute Gasteiger partial charge is 0.413 e. The summed E-state index contributed by atoms with van der Waals surface area (Å²) in [6, 6.07) is 12.3. The van der Waals surface area contributed by atoms with Gasteiger partial charge in [0.2, 0.25) is 21.8 Å². The highest BCUT2D eigenvalue weighted by atomic mass is 32.2. The van der Waals surface area contributed by atoms with E-state index in [9.17, 15) is 26.4 Å². The Kier molecular flexibility index (Phi) is 7.14. The minimum absolute atomic E-state index is 0.0371. The minimum Gasteiger partial charge on any atom is -0.413 e. The van der Waals surface area contributed by atoms with E-state index >= 15 is 4.39 Å². The number of anilines is 1. The molecule has 8 nitrogen and oxygen atoms in total. The Hall–Kier alpha value is -3.32. The summed E-state index contributed by atoms with van der Waals surface area (Å²) in [7, 11) is -3.36. The lowest BCUT2D eigenvalue weighted by atomic mass is 9.96. The van der Waals surface area contributed by atoms with Crippen molar-refractivity contribution in [1.29, 1.82) is 0 Å². The lowest BCUT2D eigenvalue weighted by Crippen LogP contribution is -2.44. The summed E-state index contributed by atoms with van der Waals surface area (Å²) in [6.07, 6.45) is -3.04. The molecule has 1 saturated heterocycles. The third kappa shape index (κ3) is 5.73. The zero-order chi connectivity index (χ0) is 26.1. The van der Waals surface area contributed by atoms with Crippen LogP contribution in [0.3, 0.4) is 0 Å². The van der Waals surface area contributed by atoms with Crippen LogP contribution < -0.4 is 4.90 Å². The van der Waals surface area contributed by atoms with Gasteiger partial charge in [-0.3, -0.25) is 4.79 Å². The summed E-state index contributed by atoms with van der Waals surface area (Å²) >= 11 is 0. The van der Waals surface area contributed by atoms with Crippen LogP contribution in [0.15, 0.2) is 52.9 Å². The van der Waals surface area contributed by atoms with Crippen LogP contribution in [0.4, 0.5) is 23.2 Å². The topological polar surface area (TPSA) is 96.6 Å². The Balaban J connectivity index is 1.56. The molecule has 0 spiro atoms. The van der Waals surface area contributed by atoms with Gasteiger partial charge >= 0.3 is 12.1 Å². The molecule has 36 heavy (non-hydrogen) atoms. The molecule has 2 aromatic carbocycles. The molecule has 2 heterocycles. The lowest BCUT2D eigenvalue weighted by molar-refractivity contribution is -0.157. The number of benzene rings is 2. The second-order valence-electron chi connectivity index (χ2n) is 8.41. The Labute approximate surface area is 204 Å². The van der Waals surface area contributed by atoms with Crippen molar-refractivity contribution >= 4 is 21.6 Å². The Bertz CT molecular complexity index is 1340. The highest BCUT2D eigenvalue weighted by molar-refractivity contribution is 7.88. The fourth-order valence-corrected chi connectivity index (χ4v) is 4.87. The summed E-state index contributed by atoms with van der Waals surface area (Å²) in [5, 5.41) is 6.27. The van der Waals surface area contributed by atoms with E-state index in [1.807, 2.05) is 0 Å². The molecule has 1 aliphatic rings. The standard InChI is InChI=1S/C23H22F4N4O4S/c1-36(33,34)30-11-9-15(10-12-30)21(32)31(18-5-3-2-4-6-18)14-17-8-7-16(13-19(17)24)20-28-29-22(35-20)23(25,26)27/h2-8,13,15H,9-12,14H2,1H3. The number of halogens is 4. The molecule has 1 fully saturated rings. The fourth-order valence-electron chi connectivity index (χ4n) is 3.99. The number of alkyl halides is 3. The van der Waals surface area contributed by atoms with Gasteiger partial charge in [-0.1, -0.05) is 24.3 Å². The first-order valence-corrected chi connectivity index (χ1v) is 12.8. The van der Waals surface area contributed by atoms with Crippen LogP contribution >= 0.6 is 0 Å². The molecule has 1 amide bonds. The van der Waals surface area contributed by atoms with E-state index < -0.39 is 39.7 Å². The Morgan fingerprint density at radius 1 is 1.11 bits per heavy atom. The number of carbonyl (C=O) groups excluding carboxylic acids is 1. The summed E-state index contributed by atoms with van der Waals surface area (Å²) < 4.78 is 82.7. The van der Waals surface area contributed by atoms with Gasteiger partial charge in [-0.2, -0.15) is 13.2 Å². The third-order valence-electron chi connectivity index (χ3n) is 5.90. The van der Waals surface area contributed by atoms with Gasteiger partial charge in [-0.15, -0.1) is 10.2 Å². The third-order valence-corrected chi connectivity index (χ3v) is 7.21. The molecule has 0 N–H and O–H groups in total. The molecule has 0 atom stereocenters. The quantitative estimate of drug-likeness (QED) is 0.449. The SMILES string of the molecule is CS(=O)(=O)N1CCC(C(=O)N(Cc2ccc(-c3nnc(C(F)(F)F)o3)cc2F)c2ccccc2)CC1. The molecule has 13 heteroatoms. The second-order valence-corrected chi connectivity index (χ2v) is 10.4. The molecule has 1 aromatic heterocycles. The maximum atomic E-state index is 15.0. The molecular weight excluding hydrogens is 504 g/mol. The Morgan fingerprint density at radius 3 is 2.33 bits per heavy atom. The molecule has 0 saturated carbocycles. The normalized spacial score (nSPS) is 15.7. The van der Waals surface area contributed by atoms with Gasteiger partial charge in [-0.25, -0.2) is 17.1 Å². The van der Waals surface area contributed by atoms with Gasteiger partial charge in [0.1, 0.15) is 5.82 Å². The number of carbonyl (C=O) groups is 1. The van der Waals surface area contributed by atoms with E-state index in [4.69, 9.17) is 0 Å². The highest BCUT2D eigenvalue weighted by Crippen LogP contribution is 2.31. The van der Waals surface area contributed by atoms with Crippen molar-refractivity contribution in [2.24, 2.45) is 5.92 Å². The van der Waals surface area contributed by atoms with E-state index in [2.05, 4.69) is 14.6 Å². The summed E-state index contributed by atoms with van der Waals surface area (Å²) in [5.41, 5.74) is 0.619. The lowest BCUT2D eigenvalue weighted by Gasteiger charge is -2.33. The number of sulfonamides is 1. The fraction of sp³-hybridized carbons (Fsp3) is 0.348. The van der Waals surface area contributed by atoms with Crippen molar-refractivity contribution in [2.75, 3.05) is 24.2 Å². The number of piperidine rings is 1. The van der Waals surface area contributed by atoms with Crippen molar-refractivity contribution in [3.63, 3.8) is 0 Å². The summed E-state index contributed by atoms with van der Waals surface area (Å²) in [6.45, 7) is 0.287. The maximum absolute atomic E-state index is 15.0. The molecular formula is C23H22F4N4O4S. The second kappa shape index (κ2) is 9.97. The predicted octanol–water partition coefficient (Wildman–Crippen LogP) is 4.10. The van der Waals surface area contributed by atoms with E-state index in [1.165, 1.54) is 21.3 Å². The predicted molar refractivity (Wildman–Crippen MR) is 121 cm³/mol. The van der Waals surface area contributed by atoms with E-state index in [-0.39, 0.29) is 36.7 Å². The van der Waals surface area contributed by atoms with E-state index in [0.29, 0.717) is 18.5 Å². The number of para-hydroxylation sites is 1. The molecule has 0 radical (unpaired) electrons. The monoisotopic (exact) mass is 526 g/mol. The Morgan fingerprint density at radius 2 is 1.78 bits per heavy atom. The largest absolute Gasteiger partial charge is 0.470 e. The molecule has 4 rings (SSSR count). The highest BCUT2D eigenvalue weighted by Gasteiger charge is 2.38. The van der Waals surface area contributed by atoms with Gasteiger partial charge in [0.25, 0.3) is 0 Å². The molecule has 0 aliphatic carbocycles. The van der Waals surface area contributed by atoms with E-state index in [1.54, 1.807) is 30.3 Å². The van der Waals surface area contributed by atoms with Crippen molar-refractivity contribution < 1.29 is 35.2 Å². The number of rotatable bonds is 6. The van der Waals surface area contributed by atoms with Crippen LogP contribution in [0.5, 0.6) is 0 Å². The number of aromatic nitrogens is 2. The van der Waals surface area contributed by atoms with Crippen LogP contribution in [0.1, 0.15) is 24.3 Å². The van der Waals surface area contributed by atoms with Crippen LogP contribution in [0.2, 0.25) is 0 Å². The number of hydrogen-bond donors (Lipinski definition) is 0. The zero-order valence-corrected chi connectivity index (χ0v) is 19.9. The molecule has 0 unspecified atom stereocenters. The molecule has 1 aliphatic heterocycles. The van der Waals surface area contributed by atoms with Gasteiger partial charge in [-0.05, 0) is 37.1 Å². The van der Waals surface area contributed by atoms with Gasteiger partial charge in [0, 0.05) is 35.8 Å².